The van der Waals surface area contributed by atoms with E-state index < -0.39 is 5.72 Å². The molecule has 1 saturated heterocycles. The maximum absolute atomic E-state index is 13.3. The second kappa shape index (κ2) is 6.61. The molecule has 2 aliphatic heterocycles. The average molecular weight is 366 g/mol. The lowest BCUT2D eigenvalue weighted by molar-refractivity contribution is -0.141. The van der Waals surface area contributed by atoms with Gasteiger partial charge in [-0.1, -0.05) is 30.3 Å². The largest absolute Gasteiger partial charge is 0.508 e. The number of hydrogen-bond donors (Lipinski definition) is 1. The van der Waals surface area contributed by atoms with Crippen LogP contribution in [0.1, 0.15) is 35.7 Å². The number of phenolic OH excluding ortho intramolecular Hbond substituents is 1. The predicted octanol–water partition coefficient (Wildman–Crippen LogP) is 2.77. The van der Waals surface area contributed by atoms with Crippen LogP contribution < -0.4 is 4.74 Å². The Morgan fingerprint density at radius 1 is 1.15 bits per heavy atom. The Kier molecular flexibility index (Phi) is 4.26. The van der Waals surface area contributed by atoms with E-state index in [2.05, 4.69) is 0 Å². The van der Waals surface area contributed by atoms with Crippen molar-refractivity contribution in [2.45, 2.75) is 32.0 Å². The number of ether oxygens (including phenoxy) is 1. The van der Waals surface area contributed by atoms with E-state index in [1.807, 2.05) is 30.3 Å². The van der Waals surface area contributed by atoms with Gasteiger partial charge in [-0.3, -0.25) is 14.5 Å². The third kappa shape index (κ3) is 3.12. The van der Waals surface area contributed by atoms with Crippen LogP contribution >= 0.6 is 0 Å². The first kappa shape index (κ1) is 17.4. The van der Waals surface area contributed by atoms with E-state index in [9.17, 15) is 14.7 Å². The lowest BCUT2D eigenvalue weighted by atomic mass is 9.93. The number of carbonyl (C=O) groups is 2. The number of nitrogens with zero attached hydrogens (tertiary/aromatic N) is 2. The highest BCUT2D eigenvalue weighted by Gasteiger charge is 2.49. The molecule has 0 radical (unpaired) electrons. The Bertz CT molecular complexity index is 873. The molecule has 27 heavy (non-hydrogen) atoms. The zero-order chi connectivity index (χ0) is 19.0. The minimum atomic E-state index is -0.820. The van der Waals surface area contributed by atoms with Gasteiger partial charge in [0.05, 0.1) is 5.56 Å². The van der Waals surface area contributed by atoms with E-state index in [1.165, 1.54) is 12.1 Å². The van der Waals surface area contributed by atoms with Crippen LogP contribution in [0.15, 0.2) is 48.5 Å². The maximum atomic E-state index is 13.3. The van der Waals surface area contributed by atoms with Crippen molar-refractivity contribution in [1.29, 1.82) is 0 Å². The first-order valence-corrected chi connectivity index (χ1v) is 9.12. The van der Waals surface area contributed by atoms with Gasteiger partial charge in [-0.25, -0.2) is 0 Å². The summed E-state index contributed by atoms with van der Waals surface area (Å²) in [6.07, 6.45) is 1.06. The Morgan fingerprint density at radius 3 is 2.52 bits per heavy atom. The summed E-state index contributed by atoms with van der Waals surface area (Å²) >= 11 is 0. The minimum absolute atomic E-state index is 0.0274. The van der Waals surface area contributed by atoms with E-state index >= 15 is 0 Å². The summed E-state index contributed by atoms with van der Waals surface area (Å²) in [6, 6.07) is 14.4. The van der Waals surface area contributed by atoms with Crippen molar-refractivity contribution < 1.29 is 19.4 Å². The molecule has 2 aromatic carbocycles. The van der Waals surface area contributed by atoms with Crippen molar-refractivity contribution in [2.24, 2.45) is 0 Å². The summed E-state index contributed by atoms with van der Waals surface area (Å²) in [5.74, 6) is 0.381. The van der Waals surface area contributed by atoms with Gasteiger partial charge in [0.1, 0.15) is 11.5 Å². The van der Waals surface area contributed by atoms with E-state index in [0.29, 0.717) is 43.8 Å². The second-order valence-electron chi connectivity index (χ2n) is 7.11. The summed E-state index contributed by atoms with van der Waals surface area (Å²) in [6.45, 7) is 3.05. The lowest BCUT2D eigenvalue weighted by Gasteiger charge is -2.50. The van der Waals surface area contributed by atoms with Crippen LogP contribution in [-0.4, -0.2) is 45.5 Å². The standard InChI is InChI=1S/C21H22N2O4/c1-15(24)22-11-9-21(10-12-22)23(14-16-5-3-2-4-6-16)20(26)18-8-7-17(25)13-19(18)27-21/h2-8,13,25H,9-12,14H2,1H3. The Labute approximate surface area is 158 Å². The summed E-state index contributed by atoms with van der Waals surface area (Å²) in [4.78, 5) is 28.6. The third-order valence-electron chi connectivity index (χ3n) is 5.41. The van der Waals surface area contributed by atoms with Gasteiger partial charge < -0.3 is 14.7 Å². The number of phenols is 1. The number of fused-ring (bicyclic) bond motifs is 1. The van der Waals surface area contributed by atoms with E-state index in [1.54, 1.807) is 22.8 Å². The van der Waals surface area contributed by atoms with E-state index in [4.69, 9.17) is 4.74 Å². The molecule has 2 aromatic rings. The molecule has 2 heterocycles. The van der Waals surface area contributed by atoms with Crippen molar-refractivity contribution in [3.63, 3.8) is 0 Å². The Hall–Kier alpha value is -3.02. The number of aromatic hydroxyl groups is 1. The molecule has 0 bridgehead atoms. The van der Waals surface area contributed by atoms with Crippen LogP contribution in [0.2, 0.25) is 0 Å². The predicted molar refractivity (Wildman–Crippen MR) is 99.3 cm³/mol. The summed E-state index contributed by atoms with van der Waals surface area (Å²) in [5, 5.41) is 9.82. The number of hydrogen-bond acceptors (Lipinski definition) is 4. The normalized spacial score (nSPS) is 18.2. The van der Waals surface area contributed by atoms with Crippen LogP contribution in [0.25, 0.3) is 0 Å². The zero-order valence-corrected chi connectivity index (χ0v) is 15.2. The third-order valence-corrected chi connectivity index (χ3v) is 5.41. The molecular weight excluding hydrogens is 344 g/mol. The van der Waals surface area contributed by atoms with Crippen molar-refractivity contribution in [3.05, 3.63) is 59.7 Å². The number of carbonyl (C=O) groups excluding carboxylic acids is 2. The molecule has 140 valence electrons. The molecule has 1 fully saturated rings. The highest BCUT2D eigenvalue weighted by Crippen LogP contribution is 2.41. The molecule has 1 N–H and O–H groups in total. The van der Waals surface area contributed by atoms with Gasteiger partial charge in [0, 0.05) is 45.5 Å². The average Bonchev–Trinajstić information content (AvgIpc) is 2.66. The molecule has 2 aliphatic rings. The van der Waals surface area contributed by atoms with Gasteiger partial charge in [-0.05, 0) is 17.7 Å². The van der Waals surface area contributed by atoms with E-state index in [-0.39, 0.29) is 17.6 Å². The Balaban J connectivity index is 1.72. The minimum Gasteiger partial charge on any atom is -0.508 e. The number of amides is 2. The van der Waals surface area contributed by atoms with Gasteiger partial charge in [-0.15, -0.1) is 0 Å². The number of rotatable bonds is 2. The smallest absolute Gasteiger partial charge is 0.260 e. The zero-order valence-electron chi connectivity index (χ0n) is 15.2. The summed E-state index contributed by atoms with van der Waals surface area (Å²) in [5.41, 5.74) is 0.646. The highest BCUT2D eigenvalue weighted by molar-refractivity contribution is 5.98. The fourth-order valence-corrected chi connectivity index (χ4v) is 3.89. The van der Waals surface area contributed by atoms with Gasteiger partial charge in [0.15, 0.2) is 5.72 Å². The van der Waals surface area contributed by atoms with E-state index in [0.717, 1.165) is 5.56 Å². The quantitative estimate of drug-likeness (QED) is 0.887. The van der Waals surface area contributed by atoms with Crippen LogP contribution in [0.3, 0.4) is 0 Å². The van der Waals surface area contributed by atoms with Gasteiger partial charge in [-0.2, -0.15) is 0 Å². The lowest BCUT2D eigenvalue weighted by Crippen LogP contribution is -2.62. The molecule has 0 unspecified atom stereocenters. The van der Waals surface area contributed by atoms with Crippen LogP contribution in [0.5, 0.6) is 11.5 Å². The van der Waals surface area contributed by atoms with Gasteiger partial charge in [0.2, 0.25) is 5.91 Å². The maximum Gasteiger partial charge on any atom is 0.260 e. The topological polar surface area (TPSA) is 70.1 Å². The fraction of sp³-hybridized carbons (Fsp3) is 0.333. The van der Waals surface area contributed by atoms with Crippen LogP contribution in [0, 0.1) is 0 Å². The monoisotopic (exact) mass is 366 g/mol. The molecule has 1 spiro atoms. The molecule has 6 nitrogen and oxygen atoms in total. The first-order chi connectivity index (χ1) is 13.0. The Morgan fingerprint density at radius 2 is 1.85 bits per heavy atom. The van der Waals surface area contributed by atoms with Crippen molar-refractivity contribution >= 4 is 11.8 Å². The molecule has 6 heteroatoms. The SMILES string of the molecule is CC(=O)N1CCC2(CC1)Oc1cc(O)ccc1C(=O)N2Cc1ccccc1. The molecule has 0 aliphatic carbocycles. The first-order valence-electron chi connectivity index (χ1n) is 9.12. The molecule has 0 aromatic heterocycles. The second-order valence-corrected chi connectivity index (χ2v) is 7.11. The number of likely N-dealkylation sites (tertiary alicyclic amines) is 1. The van der Waals surface area contributed by atoms with Crippen molar-refractivity contribution in [1.82, 2.24) is 9.80 Å². The number of benzene rings is 2. The van der Waals surface area contributed by atoms with Gasteiger partial charge in [0.25, 0.3) is 5.91 Å². The number of piperidine rings is 1. The molecule has 2 amide bonds. The fourth-order valence-electron chi connectivity index (χ4n) is 3.89. The van der Waals surface area contributed by atoms with Crippen molar-refractivity contribution in [3.8, 4) is 11.5 Å². The molecular formula is C21H22N2O4. The summed E-state index contributed by atoms with van der Waals surface area (Å²) in [7, 11) is 0. The van der Waals surface area contributed by atoms with Gasteiger partial charge >= 0.3 is 0 Å². The molecule has 0 saturated carbocycles. The van der Waals surface area contributed by atoms with Crippen LogP contribution in [0.4, 0.5) is 0 Å². The summed E-state index contributed by atoms with van der Waals surface area (Å²) < 4.78 is 6.33. The molecule has 4 rings (SSSR count). The van der Waals surface area contributed by atoms with Crippen LogP contribution in [-0.2, 0) is 11.3 Å². The van der Waals surface area contributed by atoms with Crippen molar-refractivity contribution in [2.75, 3.05) is 13.1 Å². The molecule has 0 atom stereocenters. The highest BCUT2D eigenvalue weighted by atomic mass is 16.5.